The van der Waals surface area contributed by atoms with Gasteiger partial charge >= 0.3 is 6.01 Å². The van der Waals surface area contributed by atoms with Gasteiger partial charge in [0, 0.05) is 18.0 Å². The summed E-state index contributed by atoms with van der Waals surface area (Å²) >= 11 is 0. The predicted octanol–water partition coefficient (Wildman–Crippen LogP) is 7.52. The van der Waals surface area contributed by atoms with E-state index < -0.39 is 12.3 Å². The summed E-state index contributed by atoms with van der Waals surface area (Å²) in [5, 5.41) is 0. The molecule has 0 N–H and O–H groups in total. The summed E-state index contributed by atoms with van der Waals surface area (Å²) < 4.78 is 38.8. The maximum Gasteiger partial charge on any atom is 0.316 e. The number of rotatable bonds is 17. The van der Waals surface area contributed by atoms with Gasteiger partial charge in [-0.2, -0.15) is 0 Å². The molecule has 0 radical (unpaired) electrons. The van der Waals surface area contributed by atoms with Crippen molar-refractivity contribution in [2.75, 3.05) is 13.2 Å². The van der Waals surface area contributed by atoms with Crippen LogP contribution in [0.4, 0.5) is 8.78 Å². The lowest BCUT2D eigenvalue weighted by Gasteiger charge is -2.11. The smallest absolute Gasteiger partial charge is 0.316 e. The number of unbranched alkanes of at least 4 members (excludes halogenated alkanes) is 6. The lowest BCUT2D eigenvalue weighted by Crippen LogP contribution is -2.14. The molecule has 0 saturated carbocycles. The molecule has 0 fully saturated rings. The van der Waals surface area contributed by atoms with Crippen LogP contribution in [-0.2, 0) is 0 Å². The zero-order valence-electron chi connectivity index (χ0n) is 19.6. The van der Waals surface area contributed by atoms with Crippen molar-refractivity contribution >= 4 is 0 Å². The van der Waals surface area contributed by atoms with Gasteiger partial charge in [0.05, 0.1) is 0 Å². The molecule has 1 heterocycles. The maximum atomic E-state index is 13.9. The van der Waals surface area contributed by atoms with Gasteiger partial charge in [-0.25, -0.2) is 18.7 Å². The Bertz CT molecular complexity index is 662. The molecule has 0 spiro atoms. The standard InChI is InChI=1S/C26H38F2N2O2/c1-3-5-7-9-11-23(27)19-31-25-15-13-21(14-16-25)22-17-29-26(30-18-22)32-20-24(28)12-10-8-6-4-2/h13-18,23-24H,3-12,19-20H2,1-2H3. The normalized spacial score (nSPS) is 13.0. The Labute approximate surface area is 191 Å². The van der Waals surface area contributed by atoms with Gasteiger partial charge < -0.3 is 9.47 Å². The summed E-state index contributed by atoms with van der Waals surface area (Å²) in [5.74, 6) is 0.638. The second-order valence-corrected chi connectivity index (χ2v) is 8.29. The summed E-state index contributed by atoms with van der Waals surface area (Å²) in [5.41, 5.74) is 1.74. The molecule has 6 heteroatoms. The Kier molecular flexibility index (Phi) is 12.6. The summed E-state index contributed by atoms with van der Waals surface area (Å²) in [6.07, 6.45) is 10.9. The fourth-order valence-corrected chi connectivity index (χ4v) is 3.39. The van der Waals surface area contributed by atoms with Crippen LogP contribution in [0.3, 0.4) is 0 Å². The summed E-state index contributed by atoms with van der Waals surface area (Å²) in [6, 6.07) is 7.58. The van der Waals surface area contributed by atoms with Gasteiger partial charge in [-0.1, -0.05) is 77.3 Å². The van der Waals surface area contributed by atoms with Gasteiger partial charge in [-0.15, -0.1) is 0 Å². The first-order valence-corrected chi connectivity index (χ1v) is 12.1. The largest absolute Gasteiger partial charge is 0.491 e. The van der Waals surface area contributed by atoms with E-state index in [0.717, 1.165) is 62.5 Å². The fraction of sp³-hybridized carbons (Fsp3) is 0.615. The predicted molar refractivity (Wildman–Crippen MR) is 126 cm³/mol. The molecule has 0 aliphatic rings. The van der Waals surface area contributed by atoms with Gasteiger partial charge in [0.2, 0.25) is 0 Å². The van der Waals surface area contributed by atoms with Crippen LogP contribution in [0.15, 0.2) is 36.7 Å². The van der Waals surface area contributed by atoms with E-state index in [1.807, 2.05) is 24.3 Å². The van der Waals surface area contributed by atoms with Crippen LogP contribution < -0.4 is 9.47 Å². The summed E-state index contributed by atoms with van der Waals surface area (Å²) in [7, 11) is 0. The van der Waals surface area contributed by atoms with E-state index in [1.54, 1.807) is 12.4 Å². The molecule has 1 aromatic carbocycles. The van der Waals surface area contributed by atoms with Crippen LogP contribution in [0.1, 0.15) is 78.1 Å². The highest BCUT2D eigenvalue weighted by Crippen LogP contribution is 2.22. The van der Waals surface area contributed by atoms with E-state index in [4.69, 9.17) is 9.47 Å². The van der Waals surface area contributed by atoms with Crippen molar-refractivity contribution in [1.29, 1.82) is 0 Å². The van der Waals surface area contributed by atoms with Crippen LogP contribution in [-0.4, -0.2) is 35.5 Å². The molecule has 178 valence electrons. The number of aromatic nitrogens is 2. The van der Waals surface area contributed by atoms with Crippen molar-refractivity contribution in [2.45, 2.75) is 90.4 Å². The van der Waals surface area contributed by atoms with Crippen LogP contribution in [0, 0.1) is 0 Å². The molecular weight excluding hydrogens is 410 g/mol. The highest BCUT2D eigenvalue weighted by atomic mass is 19.1. The second kappa shape index (κ2) is 15.5. The average molecular weight is 449 g/mol. The number of hydrogen-bond acceptors (Lipinski definition) is 4. The number of benzene rings is 1. The highest BCUT2D eigenvalue weighted by Gasteiger charge is 2.10. The minimum Gasteiger partial charge on any atom is -0.491 e. The molecule has 1 aromatic heterocycles. The molecule has 0 bridgehead atoms. The van der Waals surface area contributed by atoms with Gasteiger partial charge in [-0.05, 0) is 30.5 Å². The third-order valence-corrected chi connectivity index (χ3v) is 5.38. The Morgan fingerprint density at radius 3 is 1.75 bits per heavy atom. The number of halogens is 2. The molecule has 32 heavy (non-hydrogen) atoms. The van der Waals surface area contributed by atoms with Gasteiger partial charge in [0.25, 0.3) is 0 Å². The van der Waals surface area contributed by atoms with Gasteiger partial charge in [0.1, 0.15) is 31.3 Å². The number of nitrogens with zero attached hydrogens (tertiary/aromatic N) is 2. The summed E-state index contributed by atoms with van der Waals surface area (Å²) in [6.45, 7) is 4.34. The van der Waals surface area contributed by atoms with Crippen LogP contribution in [0.5, 0.6) is 11.8 Å². The van der Waals surface area contributed by atoms with E-state index in [0.29, 0.717) is 18.6 Å². The molecule has 4 nitrogen and oxygen atoms in total. The number of ether oxygens (including phenoxy) is 2. The van der Waals surface area contributed by atoms with Gasteiger partial charge in [0.15, 0.2) is 0 Å². The third kappa shape index (κ3) is 10.4. The lowest BCUT2D eigenvalue weighted by atomic mass is 10.1. The van der Waals surface area contributed by atoms with Crippen LogP contribution in [0.2, 0.25) is 0 Å². The molecule has 0 aliphatic heterocycles. The quantitative estimate of drug-likeness (QED) is 0.235. The molecule has 2 aromatic rings. The van der Waals surface area contributed by atoms with E-state index in [-0.39, 0.29) is 19.2 Å². The van der Waals surface area contributed by atoms with Gasteiger partial charge in [-0.3, -0.25) is 0 Å². The van der Waals surface area contributed by atoms with Crippen molar-refractivity contribution in [2.24, 2.45) is 0 Å². The van der Waals surface area contributed by atoms with Crippen molar-refractivity contribution in [3.8, 4) is 22.9 Å². The molecule has 2 unspecified atom stereocenters. The Morgan fingerprint density at radius 1 is 0.688 bits per heavy atom. The van der Waals surface area contributed by atoms with E-state index >= 15 is 0 Å². The first-order chi connectivity index (χ1) is 15.6. The monoisotopic (exact) mass is 448 g/mol. The maximum absolute atomic E-state index is 13.9. The second-order valence-electron chi connectivity index (χ2n) is 8.29. The zero-order valence-corrected chi connectivity index (χ0v) is 19.6. The molecule has 0 aliphatic carbocycles. The first-order valence-electron chi connectivity index (χ1n) is 12.1. The minimum atomic E-state index is -0.997. The average Bonchev–Trinajstić information content (AvgIpc) is 2.82. The third-order valence-electron chi connectivity index (χ3n) is 5.38. The van der Waals surface area contributed by atoms with E-state index in [2.05, 4.69) is 23.8 Å². The highest BCUT2D eigenvalue weighted by molar-refractivity contribution is 5.62. The van der Waals surface area contributed by atoms with E-state index in [9.17, 15) is 8.78 Å². The molecule has 0 saturated heterocycles. The fourth-order valence-electron chi connectivity index (χ4n) is 3.39. The minimum absolute atomic E-state index is 0.0221. The first kappa shape index (κ1) is 26.0. The van der Waals surface area contributed by atoms with Crippen molar-refractivity contribution in [1.82, 2.24) is 9.97 Å². The van der Waals surface area contributed by atoms with Crippen molar-refractivity contribution in [3.63, 3.8) is 0 Å². The Balaban J connectivity index is 1.73. The number of hydrogen-bond donors (Lipinski definition) is 0. The topological polar surface area (TPSA) is 44.2 Å². The molecule has 2 atom stereocenters. The summed E-state index contributed by atoms with van der Waals surface area (Å²) in [4.78, 5) is 8.36. The van der Waals surface area contributed by atoms with Crippen molar-refractivity contribution in [3.05, 3.63) is 36.7 Å². The van der Waals surface area contributed by atoms with Crippen molar-refractivity contribution < 1.29 is 18.3 Å². The Hall–Kier alpha value is -2.24. The van der Waals surface area contributed by atoms with Crippen LogP contribution >= 0.6 is 0 Å². The van der Waals surface area contributed by atoms with Crippen LogP contribution in [0.25, 0.3) is 11.1 Å². The van der Waals surface area contributed by atoms with E-state index in [1.165, 1.54) is 0 Å². The zero-order chi connectivity index (χ0) is 23.0. The Morgan fingerprint density at radius 2 is 1.22 bits per heavy atom. The lowest BCUT2D eigenvalue weighted by molar-refractivity contribution is 0.174. The molecule has 0 amide bonds. The molecular formula is C26H38F2N2O2. The SMILES string of the molecule is CCCCCCC(F)COc1ccc(-c2cnc(OCC(F)CCCCCC)nc2)cc1. The molecule has 2 rings (SSSR count). The number of alkyl halides is 2.